The van der Waals surface area contributed by atoms with Gasteiger partial charge in [0, 0.05) is 25.0 Å². The van der Waals surface area contributed by atoms with Crippen molar-refractivity contribution in [2.75, 3.05) is 5.32 Å². The molecule has 0 radical (unpaired) electrons. The van der Waals surface area contributed by atoms with Gasteiger partial charge in [-0.3, -0.25) is 5.10 Å². The SMILES string of the molecule is CC(Cn1ccnc1)Nc1nc(Cl)nc2[nH]ncc12. The van der Waals surface area contributed by atoms with Crippen molar-refractivity contribution in [1.82, 2.24) is 29.7 Å². The Morgan fingerprint density at radius 3 is 3.16 bits per heavy atom. The van der Waals surface area contributed by atoms with Crippen molar-refractivity contribution in [2.24, 2.45) is 0 Å². The summed E-state index contributed by atoms with van der Waals surface area (Å²) in [6.45, 7) is 2.84. The average Bonchev–Trinajstić information content (AvgIpc) is 2.99. The normalized spacial score (nSPS) is 12.7. The Morgan fingerprint density at radius 2 is 2.37 bits per heavy atom. The third kappa shape index (κ3) is 2.50. The van der Waals surface area contributed by atoms with Crippen molar-refractivity contribution in [2.45, 2.75) is 19.5 Å². The highest BCUT2D eigenvalue weighted by Crippen LogP contribution is 2.20. The lowest BCUT2D eigenvalue weighted by Crippen LogP contribution is -2.22. The minimum Gasteiger partial charge on any atom is -0.365 e. The first-order valence-corrected chi connectivity index (χ1v) is 6.19. The molecule has 3 aromatic rings. The average molecular weight is 278 g/mol. The van der Waals surface area contributed by atoms with Gasteiger partial charge in [-0.1, -0.05) is 0 Å². The first-order valence-electron chi connectivity index (χ1n) is 5.81. The zero-order valence-corrected chi connectivity index (χ0v) is 11.0. The van der Waals surface area contributed by atoms with Crippen LogP contribution in [0.2, 0.25) is 5.28 Å². The van der Waals surface area contributed by atoms with E-state index in [1.54, 1.807) is 18.7 Å². The predicted octanol–water partition coefficient (Wildman–Crippen LogP) is 1.70. The summed E-state index contributed by atoms with van der Waals surface area (Å²) in [4.78, 5) is 12.3. The number of H-pyrrole nitrogens is 1. The number of aromatic amines is 1. The van der Waals surface area contributed by atoms with Crippen LogP contribution in [0.1, 0.15) is 6.92 Å². The molecule has 0 saturated carbocycles. The highest BCUT2D eigenvalue weighted by Gasteiger charge is 2.11. The minimum absolute atomic E-state index is 0.165. The first kappa shape index (κ1) is 11.9. The van der Waals surface area contributed by atoms with Gasteiger partial charge >= 0.3 is 0 Å². The van der Waals surface area contributed by atoms with Crippen LogP contribution in [0.3, 0.4) is 0 Å². The van der Waals surface area contributed by atoms with E-state index in [-0.39, 0.29) is 11.3 Å². The van der Waals surface area contributed by atoms with Crippen LogP contribution in [0, 0.1) is 0 Å². The highest BCUT2D eigenvalue weighted by molar-refractivity contribution is 6.28. The quantitative estimate of drug-likeness (QED) is 0.709. The number of hydrogen-bond donors (Lipinski definition) is 2. The van der Waals surface area contributed by atoms with Gasteiger partial charge in [0.1, 0.15) is 5.82 Å². The largest absolute Gasteiger partial charge is 0.365 e. The van der Waals surface area contributed by atoms with E-state index >= 15 is 0 Å². The van der Waals surface area contributed by atoms with Gasteiger partial charge in [-0.05, 0) is 18.5 Å². The molecular formula is C11H12ClN7. The van der Waals surface area contributed by atoms with Gasteiger partial charge in [-0.15, -0.1) is 0 Å². The Morgan fingerprint density at radius 1 is 1.47 bits per heavy atom. The minimum atomic E-state index is 0.165. The molecule has 0 aliphatic heterocycles. The molecule has 3 rings (SSSR count). The molecule has 98 valence electrons. The molecule has 8 heteroatoms. The standard InChI is InChI=1S/C11H12ClN7/c1-7(5-19-3-2-13-6-19)15-9-8-4-14-18-10(8)17-11(12)16-9/h2-4,6-7H,5H2,1H3,(H2,14,15,16,17,18). The van der Waals surface area contributed by atoms with Crippen molar-refractivity contribution >= 4 is 28.5 Å². The molecule has 0 saturated heterocycles. The molecule has 0 spiro atoms. The molecule has 3 heterocycles. The second-order valence-corrected chi connectivity index (χ2v) is 4.62. The van der Waals surface area contributed by atoms with Crippen LogP contribution >= 0.6 is 11.6 Å². The molecule has 0 amide bonds. The smallest absolute Gasteiger partial charge is 0.226 e. The van der Waals surface area contributed by atoms with Gasteiger partial charge in [0.2, 0.25) is 5.28 Å². The molecule has 0 aliphatic rings. The summed E-state index contributed by atoms with van der Waals surface area (Å²) in [6, 6.07) is 0.165. The lowest BCUT2D eigenvalue weighted by molar-refractivity contribution is 0.617. The number of anilines is 1. The maximum Gasteiger partial charge on any atom is 0.226 e. The van der Waals surface area contributed by atoms with Crippen LogP contribution in [-0.2, 0) is 6.54 Å². The number of nitrogens with one attached hydrogen (secondary N) is 2. The number of imidazole rings is 1. The molecular weight excluding hydrogens is 266 g/mol. The number of halogens is 1. The third-order valence-corrected chi connectivity index (χ3v) is 2.88. The van der Waals surface area contributed by atoms with Crippen LogP contribution < -0.4 is 5.32 Å². The molecule has 0 bridgehead atoms. The van der Waals surface area contributed by atoms with Gasteiger partial charge < -0.3 is 9.88 Å². The topological polar surface area (TPSA) is 84.3 Å². The second kappa shape index (κ2) is 4.85. The van der Waals surface area contributed by atoms with Gasteiger partial charge in [-0.25, -0.2) is 4.98 Å². The van der Waals surface area contributed by atoms with Crippen LogP contribution in [0.5, 0.6) is 0 Å². The van der Waals surface area contributed by atoms with Crippen LogP contribution in [0.25, 0.3) is 11.0 Å². The van der Waals surface area contributed by atoms with Crippen LogP contribution in [0.4, 0.5) is 5.82 Å². The maximum absolute atomic E-state index is 5.88. The summed E-state index contributed by atoms with van der Waals surface area (Å²) in [5.74, 6) is 0.677. The summed E-state index contributed by atoms with van der Waals surface area (Å²) in [6.07, 6.45) is 7.12. The van der Waals surface area contributed by atoms with Gasteiger partial charge in [-0.2, -0.15) is 15.1 Å². The van der Waals surface area contributed by atoms with E-state index in [2.05, 4.69) is 37.4 Å². The summed E-state index contributed by atoms with van der Waals surface area (Å²) in [5.41, 5.74) is 0.623. The third-order valence-electron chi connectivity index (χ3n) is 2.71. The number of aromatic nitrogens is 6. The Balaban J connectivity index is 1.82. The molecule has 0 aromatic carbocycles. The number of rotatable bonds is 4. The fourth-order valence-electron chi connectivity index (χ4n) is 1.91. The molecule has 2 N–H and O–H groups in total. The van der Waals surface area contributed by atoms with Crippen molar-refractivity contribution < 1.29 is 0 Å². The molecule has 1 unspecified atom stereocenters. The van der Waals surface area contributed by atoms with Gasteiger partial charge in [0.15, 0.2) is 5.65 Å². The van der Waals surface area contributed by atoms with E-state index in [0.717, 1.165) is 11.9 Å². The van der Waals surface area contributed by atoms with E-state index in [1.807, 2.05) is 10.8 Å². The maximum atomic E-state index is 5.88. The zero-order chi connectivity index (χ0) is 13.2. The van der Waals surface area contributed by atoms with Crippen LogP contribution in [0.15, 0.2) is 24.9 Å². The lowest BCUT2D eigenvalue weighted by atomic mass is 10.3. The van der Waals surface area contributed by atoms with Crippen molar-refractivity contribution in [3.8, 4) is 0 Å². The second-order valence-electron chi connectivity index (χ2n) is 4.28. The summed E-state index contributed by atoms with van der Waals surface area (Å²) >= 11 is 5.88. The van der Waals surface area contributed by atoms with E-state index in [4.69, 9.17) is 11.6 Å². The summed E-state index contributed by atoms with van der Waals surface area (Å²) < 4.78 is 1.99. The van der Waals surface area contributed by atoms with Gasteiger partial charge in [0.05, 0.1) is 17.9 Å². The molecule has 3 aromatic heterocycles. The van der Waals surface area contributed by atoms with Crippen molar-refractivity contribution in [1.29, 1.82) is 0 Å². The predicted molar refractivity (Wildman–Crippen MR) is 72.0 cm³/mol. The highest BCUT2D eigenvalue weighted by atomic mass is 35.5. The Kier molecular flexibility index (Phi) is 3.04. The first-order chi connectivity index (χ1) is 9.22. The number of fused-ring (bicyclic) bond motifs is 1. The number of hydrogen-bond acceptors (Lipinski definition) is 5. The molecule has 19 heavy (non-hydrogen) atoms. The number of nitrogens with zero attached hydrogens (tertiary/aromatic N) is 5. The van der Waals surface area contributed by atoms with Gasteiger partial charge in [0.25, 0.3) is 0 Å². The Bertz CT molecular complexity index is 675. The zero-order valence-electron chi connectivity index (χ0n) is 10.2. The summed E-state index contributed by atoms with van der Waals surface area (Å²) in [5, 5.41) is 11.0. The fraction of sp³-hybridized carbons (Fsp3) is 0.273. The van der Waals surface area contributed by atoms with E-state index in [0.29, 0.717) is 11.5 Å². The molecule has 1 atom stereocenters. The lowest BCUT2D eigenvalue weighted by Gasteiger charge is -2.15. The summed E-state index contributed by atoms with van der Waals surface area (Å²) in [7, 11) is 0. The molecule has 0 fully saturated rings. The molecule has 0 aliphatic carbocycles. The monoisotopic (exact) mass is 277 g/mol. The van der Waals surface area contributed by atoms with Crippen molar-refractivity contribution in [3.05, 3.63) is 30.2 Å². The Hall–Kier alpha value is -2.15. The van der Waals surface area contributed by atoms with E-state index in [9.17, 15) is 0 Å². The van der Waals surface area contributed by atoms with Crippen LogP contribution in [-0.4, -0.2) is 35.8 Å². The van der Waals surface area contributed by atoms with E-state index < -0.39 is 0 Å². The van der Waals surface area contributed by atoms with Crippen molar-refractivity contribution in [3.63, 3.8) is 0 Å². The van der Waals surface area contributed by atoms with E-state index in [1.165, 1.54) is 0 Å². The molecule has 7 nitrogen and oxygen atoms in total. The Labute approximate surface area is 114 Å². The fourth-order valence-corrected chi connectivity index (χ4v) is 2.08.